The summed E-state index contributed by atoms with van der Waals surface area (Å²) in [6.45, 7) is 3.27. The van der Waals surface area contributed by atoms with Crippen molar-refractivity contribution in [1.82, 2.24) is 5.32 Å². The molecule has 0 radical (unpaired) electrons. The number of hydrogen-bond donors (Lipinski definition) is 1. The SMILES string of the molecule is CNCC(C)c1csc(-c2ccccc2Br)c1. The Morgan fingerprint density at radius 3 is 2.82 bits per heavy atom. The van der Waals surface area contributed by atoms with E-state index in [1.165, 1.54) is 16.0 Å². The van der Waals surface area contributed by atoms with Gasteiger partial charge < -0.3 is 5.32 Å². The summed E-state index contributed by atoms with van der Waals surface area (Å²) >= 11 is 5.42. The number of thiophene rings is 1. The number of rotatable bonds is 4. The number of hydrogen-bond acceptors (Lipinski definition) is 2. The molecule has 17 heavy (non-hydrogen) atoms. The van der Waals surface area contributed by atoms with Gasteiger partial charge in [-0.3, -0.25) is 0 Å². The number of benzene rings is 1. The first-order valence-electron chi connectivity index (χ1n) is 5.70. The van der Waals surface area contributed by atoms with Gasteiger partial charge in [0.25, 0.3) is 0 Å². The lowest BCUT2D eigenvalue weighted by Gasteiger charge is -2.07. The van der Waals surface area contributed by atoms with Crippen molar-refractivity contribution in [1.29, 1.82) is 0 Å². The highest BCUT2D eigenvalue weighted by atomic mass is 79.9. The van der Waals surface area contributed by atoms with Gasteiger partial charge in [0.2, 0.25) is 0 Å². The Hall–Kier alpha value is -0.640. The van der Waals surface area contributed by atoms with Crippen molar-refractivity contribution in [2.24, 2.45) is 0 Å². The van der Waals surface area contributed by atoms with Crippen LogP contribution < -0.4 is 5.32 Å². The minimum absolute atomic E-state index is 0.562. The molecule has 3 heteroatoms. The van der Waals surface area contributed by atoms with E-state index in [0.717, 1.165) is 11.0 Å². The largest absolute Gasteiger partial charge is 0.319 e. The Morgan fingerprint density at radius 2 is 2.12 bits per heavy atom. The molecule has 0 aliphatic heterocycles. The fraction of sp³-hybridized carbons (Fsp3) is 0.286. The smallest absolute Gasteiger partial charge is 0.0356 e. The molecule has 1 N–H and O–H groups in total. The molecule has 90 valence electrons. The van der Waals surface area contributed by atoms with Crippen molar-refractivity contribution in [3.05, 3.63) is 45.7 Å². The highest BCUT2D eigenvalue weighted by molar-refractivity contribution is 9.10. The van der Waals surface area contributed by atoms with Crippen LogP contribution in [0.1, 0.15) is 18.4 Å². The van der Waals surface area contributed by atoms with Gasteiger partial charge in [-0.15, -0.1) is 11.3 Å². The van der Waals surface area contributed by atoms with Crippen molar-refractivity contribution >= 4 is 27.3 Å². The van der Waals surface area contributed by atoms with E-state index in [1.807, 2.05) is 24.5 Å². The van der Waals surface area contributed by atoms with Gasteiger partial charge in [-0.05, 0) is 36.0 Å². The summed E-state index contributed by atoms with van der Waals surface area (Å²) in [7, 11) is 2.00. The summed E-state index contributed by atoms with van der Waals surface area (Å²) in [5, 5.41) is 5.48. The zero-order valence-corrected chi connectivity index (χ0v) is 12.4. The molecule has 0 saturated heterocycles. The van der Waals surface area contributed by atoms with E-state index in [1.54, 1.807) is 0 Å². The molecule has 1 unspecified atom stereocenters. The number of halogens is 1. The van der Waals surface area contributed by atoms with Crippen LogP contribution in [-0.4, -0.2) is 13.6 Å². The first-order valence-corrected chi connectivity index (χ1v) is 7.37. The molecule has 1 aromatic carbocycles. The van der Waals surface area contributed by atoms with Crippen LogP contribution in [0.5, 0.6) is 0 Å². The van der Waals surface area contributed by atoms with Crippen LogP contribution in [0.3, 0.4) is 0 Å². The molecule has 2 aromatic rings. The molecule has 0 aliphatic carbocycles. The van der Waals surface area contributed by atoms with Crippen molar-refractivity contribution in [2.45, 2.75) is 12.8 Å². The molecule has 0 bridgehead atoms. The average molecular weight is 310 g/mol. The third-order valence-electron chi connectivity index (χ3n) is 2.84. The van der Waals surface area contributed by atoms with Crippen molar-refractivity contribution in [2.75, 3.05) is 13.6 Å². The molecule has 1 nitrogen and oxygen atoms in total. The maximum atomic E-state index is 3.60. The summed E-state index contributed by atoms with van der Waals surface area (Å²) in [5.74, 6) is 0.562. The molecule has 0 spiro atoms. The molecule has 0 aliphatic rings. The molecule has 0 saturated carbocycles. The fourth-order valence-electron chi connectivity index (χ4n) is 1.84. The summed E-state index contributed by atoms with van der Waals surface area (Å²) < 4.78 is 1.16. The highest BCUT2D eigenvalue weighted by Gasteiger charge is 2.10. The second-order valence-electron chi connectivity index (χ2n) is 4.18. The number of likely N-dealkylation sites (N-methyl/N-ethyl adjacent to an activating group) is 1. The molecule has 1 atom stereocenters. The van der Waals surface area contributed by atoms with Crippen LogP contribution in [0, 0.1) is 0 Å². The monoisotopic (exact) mass is 309 g/mol. The van der Waals surface area contributed by atoms with Crippen LogP contribution in [0.2, 0.25) is 0 Å². The van der Waals surface area contributed by atoms with Crippen LogP contribution >= 0.6 is 27.3 Å². The molecule has 1 aromatic heterocycles. The van der Waals surface area contributed by atoms with Gasteiger partial charge in [0, 0.05) is 21.5 Å². The van der Waals surface area contributed by atoms with Crippen LogP contribution in [0.25, 0.3) is 10.4 Å². The van der Waals surface area contributed by atoms with E-state index < -0.39 is 0 Å². The van der Waals surface area contributed by atoms with E-state index in [0.29, 0.717) is 5.92 Å². The first kappa shape index (κ1) is 12.8. The van der Waals surface area contributed by atoms with E-state index in [4.69, 9.17) is 0 Å². The quantitative estimate of drug-likeness (QED) is 0.876. The van der Waals surface area contributed by atoms with Crippen LogP contribution in [0.15, 0.2) is 40.2 Å². The van der Waals surface area contributed by atoms with Gasteiger partial charge >= 0.3 is 0 Å². The minimum atomic E-state index is 0.562. The van der Waals surface area contributed by atoms with Crippen LogP contribution in [-0.2, 0) is 0 Å². The zero-order valence-electron chi connectivity index (χ0n) is 10.0. The zero-order chi connectivity index (χ0) is 12.3. The molecule has 0 fully saturated rings. The van der Waals surface area contributed by atoms with Gasteiger partial charge in [-0.2, -0.15) is 0 Å². The average Bonchev–Trinajstić information content (AvgIpc) is 2.79. The first-order chi connectivity index (χ1) is 8.22. The maximum absolute atomic E-state index is 3.60. The van der Waals surface area contributed by atoms with Crippen LogP contribution in [0.4, 0.5) is 0 Å². The lowest BCUT2D eigenvalue weighted by Crippen LogP contribution is -2.14. The van der Waals surface area contributed by atoms with Crippen molar-refractivity contribution in [3.8, 4) is 10.4 Å². The van der Waals surface area contributed by atoms with Gasteiger partial charge in [0.1, 0.15) is 0 Å². The summed E-state index contributed by atoms with van der Waals surface area (Å²) in [6.07, 6.45) is 0. The van der Waals surface area contributed by atoms with Crippen molar-refractivity contribution in [3.63, 3.8) is 0 Å². The topological polar surface area (TPSA) is 12.0 Å². The highest BCUT2D eigenvalue weighted by Crippen LogP contribution is 2.34. The van der Waals surface area contributed by atoms with E-state index in [9.17, 15) is 0 Å². The summed E-state index contributed by atoms with van der Waals surface area (Å²) in [6, 6.07) is 10.7. The second kappa shape index (κ2) is 5.80. The van der Waals surface area contributed by atoms with E-state index >= 15 is 0 Å². The van der Waals surface area contributed by atoms with Gasteiger partial charge in [-0.25, -0.2) is 0 Å². The Morgan fingerprint density at radius 1 is 1.35 bits per heavy atom. The molecule has 2 rings (SSSR count). The minimum Gasteiger partial charge on any atom is -0.319 e. The Bertz CT molecular complexity index is 492. The fourth-order valence-corrected chi connectivity index (χ4v) is 3.54. The third kappa shape index (κ3) is 2.97. The second-order valence-corrected chi connectivity index (χ2v) is 5.95. The Labute approximate surface area is 115 Å². The molecular weight excluding hydrogens is 294 g/mol. The third-order valence-corrected chi connectivity index (χ3v) is 4.51. The molecule has 0 amide bonds. The molecular formula is C14H16BrNS. The van der Waals surface area contributed by atoms with Gasteiger partial charge in [-0.1, -0.05) is 41.1 Å². The lowest BCUT2D eigenvalue weighted by molar-refractivity contribution is 0.680. The normalized spacial score (nSPS) is 12.6. The Balaban J connectivity index is 2.27. The van der Waals surface area contributed by atoms with Crippen molar-refractivity contribution < 1.29 is 0 Å². The van der Waals surface area contributed by atoms with E-state index in [-0.39, 0.29) is 0 Å². The molecule has 1 heterocycles. The van der Waals surface area contributed by atoms with Gasteiger partial charge in [0.15, 0.2) is 0 Å². The summed E-state index contributed by atoms with van der Waals surface area (Å²) in [4.78, 5) is 1.33. The maximum Gasteiger partial charge on any atom is 0.0356 e. The number of nitrogens with one attached hydrogen (secondary N) is 1. The summed E-state index contributed by atoms with van der Waals surface area (Å²) in [5.41, 5.74) is 2.69. The standard InChI is InChI=1S/C14H16BrNS/c1-10(8-16-2)11-7-14(17-9-11)12-5-3-4-6-13(12)15/h3-7,9-10,16H,8H2,1-2H3. The van der Waals surface area contributed by atoms with E-state index in [2.05, 4.69) is 57.8 Å². The van der Waals surface area contributed by atoms with Gasteiger partial charge in [0.05, 0.1) is 0 Å². The Kier molecular flexibility index (Phi) is 4.37. The predicted octanol–water partition coefficient (Wildman–Crippen LogP) is 4.50. The lowest BCUT2D eigenvalue weighted by atomic mass is 10.0. The predicted molar refractivity (Wildman–Crippen MR) is 79.8 cm³/mol.